The van der Waals surface area contributed by atoms with Crippen LogP contribution in [0, 0.1) is 5.41 Å². The minimum absolute atomic E-state index is 0.0129. The molecule has 0 saturated heterocycles. The Labute approximate surface area is 143 Å². The maximum Gasteiger partial charge on any atom is 0.163 e. The molecule has 0 spiro atoms. The third-order valence-corrected chi connectivity index (χ3v) is 5.32. The molecule has 2 nitrogen and oxygen atoms in total. The minimum Gasteiger partial charge on any atom is -0.461 e. The SMILES string of the molecule is CCCC1C2=C(CC(C)(C)CC2=O)Oc2ccc3ccccc3c21. The lowest BCUT2D eigenvalue weighted by molar-refractivity contribution is -0.118. The van der Waals surface area contributed by atoms with Crippen molar-refractivity contribution in [2.75, 3.05) is 0 Å². The molecule has 1 heterocycles. The average molecular weight is 320 g/mol. The molecule has 2 aromatic rings. The van der Waals surface area contributed by atoms with E-state index < -0.39 is 0 Å². The van der Waals surface area contributed by atoms with E-state index in [0.717, 1.165) is 36.3 Å². The maximum atomic E-state index is 12.9. The van der Waals surface area contributed by atoms with Gasteiger partial charge in [-0.25, -0.2) is 0 Å². The molecule has 4 rings (SSSR count). The van der Waals surface area contributed by atoms with E-state index in [0.29, 0.717) is 6.42 Å². The van der Waals surface area contributed by atoms with Gasteiger partial charge in [0.05, 0.1) is 0 Å². The number of allylic oxidation sites excluding steroid dienone is 2. The number of ether oxygens (including phenoxy) is 1. The molecule has 0 bridgehead atoms. The standard InChI is InChI=1S/C22H24O2/c1-4-7-16-20-15-9-6-5-8-14(15)10-11-18(20)24-19-13-22(2,3)12-17(23)21(16)19/h5-6,8-11,16H,4,7,12-13H2,1-3H3. The Kier molecular flexibility index (Phi) is 3.52. The maximum absolute atomic E-state index is 12.9. The lowest BCUT2D eigenvalue weighted by atomic mass is 9.70. The molecule has 0 saturated carbocycles. The zero-order valence-electron chi connectivity index (χ0n) is 14.7. The van der Waals surface area contributed by atoms with Crippen molar-refractivity contribution >= 4 is 16.6 Å². The second-order valence-corrected chi connectivity index (χ2v) is 7.92. The molecule has 0 amide bonds. The molecule has 2 heteroatoms. The van der Waals surface area contributed by atoms with Crippen LogP contribution in [0.1, 0.15) is 57.9 Å². The van der Waals surface area contributed by atoms with Gasteiger partial charge in [-0.05, 0) is 28.7 Å². The van der Waals surface area contributed by atoms with Crippen LogP contribution in [0.25, 0.3) is 10.8 Å². The molecule has 0 N–H and O–H groups in total. The molecular formula is C22H24O2. The van der Waals surface area contributed by atoms with Gasteiger partial charge >= 0.3 is 0 Å². The molecule has 24 heavy (non-hydrogen) atoms. The lowest BCUT2D eigenvalue weighted by Gasteiger charge is -2.38. The highest BCUT2D eigenvalue weighted by Gasteiger charge is 2.41. The first-order valence-electron chi connectivity index (χ1n) is 8.96. The van der Waals surface area contributed by atoms with E-state index in [2.05, 4.69) is 57.2 Å². The number of carbonyl (C=O) groups is 1. The summed E-state index contributed by atoms with van der Waals surface area (Å²) >= 11 is 0. The summed E-state index contributed by atoms with van der Waals surface area (Å²) in [6.45, 7) is 6.50. The van der Waals surface area contributed by atoms with Crippen LogP contribution in [0.4, 0.5) is 0 Å². The van der Waals surface area contributed by atoms with Crippen LogP contribution >= 0.6 is 0 Å². The predicted octanol–water partition coefficient (Wildman–Crippen LogP) is 5.76. The molecule has 1 atom stereocenters. The van der Waals surface area contributed by atoms with E-state index in [1.165, 1.54) is 16.3 Å². The van der Waals surface area contributed by atoms with Crippen LogP contribution in [-0.4, -0.2) is 5.78 Å². The number of hydrogen-bond donors (Lipinski definition) is 0. The Morgan fingerprint density at radius 1 is 1.12 bits per heavy atom. The summed E-state index contributed by atoms with van der Waals surface area (Å²) in [5.41, 5.74) is 2.14. The molecule has 2 aliphatic rings. The van der Waals surface area contributed by atoms with Crippen molar-refractivity contribution in [1.29, 1.82) is 0 Å². The van der Waals surface area contributed by atoms with Crippen LogP contribution < -0.4 is 4.74 Å². The number of fused-ring (bicyclic) bond motifs is 3. The molecule has 1 aliphatic heterocycles. The van der Waals surface area contributed by atoms with Gasteiger partial charge in [0.15, 0.2) is 5.78 Å². The second-order valence-electron chi connectivity index (χ2n) is 7.92. The fraction of sp³-hybridized carbons (Fsp3) is 0.409. The minimum atomic E-state index is -0.0129. The summed E-state index contributed by atoms with van der Waals surface area (Å²) in [7, 11) is 0. The van der Waals surface area contributed by atoms with Crippen LogP contribution in [-0.2, 0) is 4.79 Å². The van der Waals surface area contributed by atoms with E-state index in [1.54, 1.807) is 0 Å². The van der Waals surface area contributed by atoms with Crippen LogP contribution in [0.5, 0.6) is 5.75 Å². The highest BCUT2D eigenvalue weighted by Crippen LogP contribution is 2.50. The van der Waals surface area contributed by atoms with Crippen molar-refractivity contribution in [1.82, 2.24) is 0 Å². The van der Waals surface area contributed by atoms with Crippen LogP contribution in [0.15, 0.2) is 47.7 Å². The van der Waals surface area contributed by atoms with Crippen molar-refractivity contribution < 1.29 is 9.53 Å². The molecule has 1 aliphatic carbocycles. The van der Waals surface area contributed by atoms with Gasteiger partial charge in [0.2, 0.25) is 0 Å². The zero-order chi connectivity index (χ0) is 16.9. The molecule has 2 aromatic carbocycles. The fourth-order valence-corrected chi connectivity index (χ4v) is 4.34. The first-order chi connectivity index (χ1) is 11.5. The van der Waals surface area contributed by atoms with Gasteiger partial charge < -0.3 is 4.74 Å². The van der Waals surface area contributed by atoms with E-state index in [4.69, 9.17) is 4.74 Å². The van der Waals surface area contributed by atoms with Crippen LogP contribution in [0.3, 0.4) is 0 Å². The fourth-order valence-electron chi connectivity index (χ4n) is 4.34. The third kappa shape index (κ3) is 2.36. The van der Waals surface area contributed by atoms with E-state index in [1.807, 2.05) is 0 Å². The quantitative estimate of drug-likeness (QED) is 0.703. The first kappa shape index (κ1) is 15.4. The largest absolute Gasteiger partial charge is 0.461 e. The van der Waals surface area contributed by atoms with Gasteiger partial charge in [-0.1, -0.05) is 57.5 Å². The van der Waals surface area contributed by atoms with Gasteiger partial charge in [0.1, 0.15) is 11.5 Å². The number of ketones is 1. The second kappa shape index (κ2) is 5.47. The molecule has 0 fully saturated rings. The van der Waals surface area contributed by atoms with Crippen LogP contribution in [0.2, 0.25) is 0 Å². The highest BCUT2D eigenvalue weighted by atomic mass is 16.5. The zero-order valence-corrected chi connectivity index (χ0v) is 14.7. The number of rotatable bonds is 2. The van der Waals surface area contributed by atoms with E-state index in [9.17, 15) is 4.79 Å². The van der Waals surface area contributed by atoms with Crippen molar-refractivity contribution in [3.63, 3.8) is 0 Å². The summed E-state index contributed by atoms with van der Waals surface area (Å²) in [4.78, 5) is 12.9. The molecule has 0 aromatic heterocycles. The van der Waals surface area contributed by atoms with Crippen molar-refractivity contribution in [2.24, 2.45) is 5.41 Å². The molecule has 124 valence electrons. The Morgan fingerprint density at radius 2 is 1.92 bits per heavy atom. The summed E-state index contributed by atoms with van der Waals surface area (Å²) in [6, 6.07) is 12.6. The molecular weight excluding hydrogens is 296 g/mol. The lowest BCUT2D eigenvalue weighted by Crippen LogP contribution is -2.32. The van der Waals surface area contributed by atoms with Gasteiger partial charge in [0, 0.05) is 29.9 Å². The molecule has 1 unspecified atom stereocenters. The average Bonchev–Trinajstić information content (AvgIpc) is 2.52. The molecule has 0 radical (unpaired) electrons. The Balaban J connectivity index is 1.94. The van der Waals surface area contributed by atoms with Crippen molar-refractivity contribution in [2.45, 2.75) is 52.4 Å². The topological polar surface area (TPSA) is 26.3 Å². The Morgan fingerprint density at radius 3 is 2.71 bits per heavy atom. The number of Topliss-reactive ketones (excluding diaryl/α,β-unsaturated/α-hetero) is 1. The van der Waals surface area contributed by atoms with Gasteiger partial charge in [-0.2, -0.15) is 0 Å². The van der Waals surface area contributed by atoms with Gasteiger partial charge in [0.25, 0.3) is 0 Å². The first-order valence-corrected chi connectivity index (χ1v) is 8.96. The number of hydrogen-bond acceptors (Lipinski definition) is 2. The summed E-state index contributed by atoms with van der Waals surface area (Å²) in [5, 5.41) is 2.44. The smallest absolute Gasteiger partial charge is 0.163 e. The Hall–Kier alpha value is -2.09. The normalized spacial score (nSPS) is 22.1. The Bertz CT molecular complexity index is 857. The van der Waals surface area contributed by atoms with Crippen molar-refractivity contribution in [3.8, 4) is 5.75 Å². The third-order valence-electron chi connectivity index (χ3n) is 5.32. The summed E-state index contributed by atoms with van der Waals surface area (Å²) in [6.07, 6.45) is 3.52. The monoisotopic (exact) mass is 320 g/mol. The number of benzene rings is 2. The summed E-state index contributed by atoms with van der Waals surface area (Å²) < 4.78 is 6.29. The number of carbonyl (C=O) groups excluding carboxylic acids is 1. The van der Waals surface area contributed by atoms with E-state index in [-0.39, 0.29) is 17.1 Å². The highest BCUT2D eigenvalue weighted by molar-refractivity contribution is 6.01. The van der Waals surface area contributed by atoms with Gasteiger partial charge in [-0.3, -0.25) is 4.79 Å². The van der Waals surface area contributed by atoms with Gasteiger partial charge in [-0.15, -0.1) is 0 Å². The summed E-state index contributed by atoms with van der Waals surface area (Å²) in [5.74, 6) is 2.30. The van der Waals surface area contributed by atoms with Crippen molar-refractivity contribution in [3.05, 3.63) is 53.3 Å². The van der Waals surface area contributed by atoms with E-state index >= 15 is 0 Å². The predicted molar refractivity (Wildman–Crippen MR) is 97.3 cm³/mol.